The molecule has 0 aromatic rings. The van der Waals surface area contributed by atoms with E-state index in [0.29, 0.717) is 13.1 Å². The molecule has 1 aliphatic heterocycles. The molecule has 0 unspecified atom stereocenters. The van der Waals surface area contributed by atoms with Crippen LogP contribution in [0.3, 0.4) is 0 Å². The van der Waals surface area contributed by atoms with E-state index in [4.69, 9.17) is 15.3 Å². The number of nitrogens with zero attached hydrogens (tertiary/aromatic N) is 3. The van der Waals surface area contributed by atoms with Gasteiger partial charge in [0.15, 0.2) is 0 Å². The maximum Gasteiger partial charge on any atom is 0.317 e. The Morgan fingerprint density at radius 1 is 1.00 bits per heavy atom. The van der Waals surface area contributed by atoms with Gasteiger partial charge in [0.25, 0.3) is 0 Å². The Bertz CT molecular complexity index is 438. The average Bonchev–Trinajstić information content (AvgIpc) is 2.35. The summed E-state index contributed by atoms with van der Waals surface area (Å²) in [4.78, 5) is 48.0. The minimum absolute atomic E-state index is 0.00976. The van der Waals surface area contributed by atoms with Crippen molar-refractivity contribution in [2.45, 2.75) is 0 Å². The minimum atomic E-state index is -1.14. The summed E-state index contributed by atoms with van der Waals surface area (Å²) in [6, 6.07) is 0. The van der Waals surface area contributed by atoms with Crippen molar-refractivity contribution >= 4 is 23.8 Å². The van der Waals surface area contributed by atoms with Crippen LogP contribution in [0.5, 0.6) is 0 Å². The molecule has 0 saturated carbocycles. The van der Waals surface area contributed by atoms with Gasteiger partial charge in [-0.1, -0.05) is 0 Å². The highest BCUT2D eigenvalue weighted by Gasteiger charge is 2.25. The lowest BCUT2D eigenvalue weighted by Gasteiger charge is -2.34. The molecule has 0 spiro atoms. The highest BCUT2D eigenvalue weighted by atomic mass is 16.4. The first-order valence-corrected chi connectivity index (χ1v) is 6.65. The molecule has 10 nitrogen and oxygen atoms in total. The first-order chi connectivity index (χ1) is 10.3. The molecule has 10 heteroatoms. The van der Waals surface area contributed by atoms with Crippen LogP contribution in [0.2, 0.25) is 0 Å². The second-order valence-corrected chi connectivity index (χ2v) is 4.98. The molecule has 0 bridgehead atoms. The van der Waals surface area contributed by atoms with Crippen LogP contribution < -0.4 is 0 Å². The topological polar surface area (TPSA) is 139 Å². The molecule has 22 heavy (non-hydrogen) atoms. The second-order valence-electron chi connectivity index (χ2n) is 4.98. The fourth-order valence-electron chi connectivity index (χ4n) is 2.18. The third kappa shape index (κ3) is 6.50. The van der Waals surface area contributed by atoms with Gasteiger partial charge in [-0.15, -0.1) is 0 Å². The predicted molar refractivity (Wildman–Crippen MR) is 72.4 cm³/mol. The zero-order valence-electron chi connectivity index (χ0n) is 12.0. The standard InChI is InChI=1S/C12H19N3O7/c16-9-5-13(6-10(17)18)1-3-15(9)4-2-14(7-11(19)20)8-12(21)22/h1-8H2,(H,17,18)(H,19,20)(H,21,22). The van der Waals surface area contributed by atoms with E-state index in [9.17, 15) is 19.2 Å². The molecule has 0 aromatic heterocycles. The monoisotopic (exact) mass is 317 g/mol. The summed E-state index contributed by atoms with van der Waals surface area (Å²) >= 11 is 0. The molecule has 1 rings (SSSR count). The zero-order valence-corrected chi connectivity index (χ0v) is 12.0. The van der Waals surface area contributed by atoms with Gasteiger partial charge in [-0.3, -0.25) is 29.0 Å². The number of rotatable bonds is 9. The Hall–Kier alpha value is -2.20. The number of aliphatic carboxylic acids is 3. The zero-order chi connectivity index (χ0) is 16.7. The number of carboxylic acids is 3. The third-order valence-corrected chi connectivity index (χ3v) is 3.16. The average molecular weight is 317 g/mol. The van der Waals surface area contributed by atoms with Gasteiger partial charge in [-0.25, -0.2) is 0 Å². The molecule has 1 heterocycles. The van der Waals surface area contributed by atoms with Gasteiger partial charge in [-0.2, -0.15) is 0 Å². The number of piperazine rings is 1. The number of hydrogen-bond donors (Lipinski definition) is 3. The van der Waals surface area contributed by atoms with Crippen molar-refractivity contribution in [2.75, 3.05) is 52.4 Å². The van der Waals surface area contributed by atoms with Crippen LogP contribution in [0.1, 0.15) is 0 Å². The summed E-state index contributed by atoms with van der Waals surface area (Å²) in [5.41, 5.74) is 0. The Labute approximate surface area is 126 Å². The van der Waals surface area contributed by atoms with E-state index >= 15 is 0 Å². The normalized spacial score (nSPS) is 16.0. The van der Waals surface area contributed by atoms with Gasteiger partial charge in [0.1, 0.15) is 0 Å². The molecule has 3 N–H and O–H groups in total. The minimum Gasteiger partial charge on any atom is -0.480 e. The van der Waals surface area contributed by atoms with Gasteiger partial charge >= 0.3 is 17.9 Å². The SMILES string of the molecule is O=C(O)CN(CCN1CCN(CC(=O)O)CC1=O)CC(=O)O. The predicted octanol–water partition coefficient (Wildman–Crippen LogP) is -2.31. The highest BCUT2D eigenvalue weighted by molar-refractivity contribution is 5.80. The Morgan fingerprint density at radius 3 is 2.05 bits per heavy atom. The maximum atomic E-state index is 11.9. The van der Waals surface area contributed by atoms with Gasteiger partial charge in [-0.05, 0) is 0 Å². The smallest absolute Gasteiger partial charge is 0.317 e. The molecule has 0 aromatic carbocycles. The van der Waals surface area contributed by atoms with Gasteiger partial charge in [0, 0.05) is 26.2 Å². The fraction of sp³-hybridized carbons (Fsp3) is 0.667. The number of carbonyl (C=O) groups is 4. The van der Waals surface area contributed by atoms with E-state index in [1.54, 1.807) is 0 Å². The van der Waals surface area contributed by atoms with Crippen LogP contribution in [0.4, 0.5) is 0 Å². The molecular formula is C12H19N3O7. The van der Waals surface area contributed by atoms with Gasteiger partial charge in [0.05, 0.1) is 26.2 Å². The van der Waals surface area contributed by atoms with E-state index in [1.165, 1.54) is 14.7 Å². The van der Waals surface area contributed by atoms with E-state index in [-0.39, 0.29) is 32.1 Å². The summed E-state index contributed by atoms with van der Waals surface area (Å²) in [5.74, 6) is -3.54. The van der Waals surface area contributed by atoms with Crippen molar-refractivity contribution in [3.8, 4) is 0 Å². The Kier molecular flexibility index (Phi) is 6.73. The van der Waals surface area contributed by atoms with E-state index in [0.717, 1.165) is 0 Å². The lowest BCUT2D eigenvalue weighted by atomic mass is 10.3. The summed E-state index contributed by atoms with van der Waals surface area (Å²) in [5, 5.41) is 26.1. The summed E-state index contributed by atoms with van der Waals surface area (Å²) in [6.45, 7) is 0.0341. The summed E-state index contributed by atoms with van der Waals surface area (Å²) < 4.78 is 0. The van der Waals surface area contributed by atoms with Crippen molar-refractivity contribution in [1.82, 2.24) is 14.7 Å². The summed E-state index contributed by atoms with van der Waals surface area (Å²) in [7, 11) is 0. The van der Waals surface area contributed by atoms with Crippen LogP contribution in [0, 0.1) is 0 Å². The van der Waals surface area contributed by atoms with Crippen molar-refractivity contribution in [2.24, 2.45) is 0 Å². The fourth-order valence-corrected chi connectivity index (χ4v) is 2.18. The quantitative estimate of drug-likeness (QED) is 0.428. The van der Waals surface area contributed by atoms with E-state index in [1.807, 2.05) is 0 Å². The maximum absolute atomic E-state index is 11.9. The van der Waals surface area contributed by atoms with Crippen LogP contribution >= 0.6 is 0 Å². The van der Waals surface area contributed by atoms with Crippen molar-refractivity contribution in [3.05, 3.63) is 0 Å². The second kappa shape index (κ2) is 8.29. The molecule has 124 valence electrons. The number of amides is 1. The van der Waals surface area contributed by atoms with Crippen LogP contribution in [-0.4, -0.2) is 106 Å². The highest BCUT2D eigenvalue weighted by Crippen LogP contribution is 2.03. The Morgan fingerprint density at radius 2 is 1.59 bits per heavy atom. The molecule has 0 atom stereocenters. The molecular weight excluding hydrogens is 298 g/mol. The largest absolute Gasteiger partial charge is 0.480 e. The molecule has 1 fully saturated rings. The van der Waals surface area contributed by atoms with Crippen molar-refractivity contribution in [1.29, 1.82) is 0 Å². The van der Waals surface area contributed by atoms with E-state index in [2.05, 4.69) is 0 Å². The Balaban J connectivity index is 2.45. The molecule has 0 radical (unpaired) electrons. The number of carbonyl (C=O) groups excluding carboxylic acids is 1. The van der Waals surface area contributed by atoms with Crippen LogP contribution in [-0.2, 0) is 19.2 Å². The first kappa shape index (κ1) is 17.9. The van der Waals surface area contributed by atoms with Crippen molar-refractivity contribution < 1.29 is 34.5 Å². The van der Waals surface area contributed by atoms with E-state index < -0.39 is 31.0 Å². The third-order valence-electron chi connectivity index (χ3n) is 3.16. The first-order valence-electron chi connectivity index (χ1n) is 6.65. The molecule has 1 aliphatic rings. The lowest BCUT2D eigenvalue weighted by molar-refractivity contribution is -0.142. The molecule has 0 aliphatic carbocycles. The summed E-state index contributed by atoms with van der Waals surface area (Å²) in [6.07, 6.45) is 0. The molecule has 1 amide bonds. The molecule has 1 saturated heterocycles. The van der Waals surface area contributed by atoms with Gasteiger partial charge < -0.3 is 20.2 Å². The van der Waals surface area contributed by atoms with Crippen LogP contribution in [0.15, 0.2) is 0 Å². The van der Waals surface area contributed by atoms with Gasteiger partial charge in [0.2, 0.25) is 5.91 Å². The van der Waals surface area contributed by atoms with Crippen molar-refractivity contribution in [3.63, 3.8) is 0 Å². The number of hydrogen-bond acceptors (Lipinski definition) is 6. The van der Waals surface area contributed by atoms with Crippen LogP contribution in [0.25, 0.3) is 0 Å². The number of carboxylic acid groups (broad SMARTS) is 3. The lowest BCUT2D eigenvalue weighted by Crippen LogP contribution is -2.53.